The number of carboxylic acid groups (broad SMARTS) is 2. The van der Waals surface area contributed by atoms with Crippen molar-refractivity contribution in [2.75, 3.05) is 6.61 Å². The third kappa shape index (κ3) is 6.01. The van der Waals surface area contributed by atoms with E-state index in [1.54, 1.807) is 0 Å². The molecule has 5 atom stereocenters. The van der Waals surface area contributed by atoms with Crippen molar-refractivity contribution in [2.45, 2.75) is 36.9 Å². The second-order valence-corrected chi connectivity index (χ2v) is 4.13. The molecule has 21 heavy (non-hydrogen) atoms. The number of ether oxygens (including phenoxy) is 1. The van der Waals surface area contributed by atoms with Crippen LogP contribution in [0.2, 0.25) is 0 Å². The molecule has 8 N–H and O–H groups in total. The molecule has 0 aromatic carbocycles. The van der Waals surface area contributed by atoms with Gasteiger partial charge in [0.1, 0.15) is 24.4 Å². The van der Waals surface area contributed by atoms with Gasteiger partial charge in [-0.25, -0.2) is 4.79 Å². The maximum Gasteiger partial charge on any atom is 0.347 e. The number of esters is 1. The topological polar surface area (TPSA) is 208 Å². The summed E-state index contributed by atoms with van der Waals surface area (Å²) in [7, 11) is 0. The standard InChI is InChI=1S/C10H17NO10/c11-3(9(17)18)1-5(14)21-8(10(19)20)7(16)6(15)4(13)2-12/h3-4,6-8,12-13,15-16H,1-2,11H2,(H,17,18)(H,19,20)/t3-,4+,6+,7-,8+/m0/s1. The first-order valence-corrected chi connectivity index (χ1v) is 5.67. The Hall–Kier alpha value is -1.79. The van der Waals surface area contributed by atoms with E-state index < -0.39 is 61.4 Å². The van der Waals surface area contributed by atoms with E-state index in [4.69, 9.17) is 26.2 Å². The maximum absolute atomic E-state index is 11.3. The smallest absolute Gasteiger partial charge is 0.347 e. The highest BCUT2D eigenvalue weighted by Crippen LogP contribution is 2.10. The highest BCUT2D eigenvalue weighted by atomic mass is 16.6. The van der Waals surface area contributed by atoms with Crippen LogP contribution in [-0.2, 0) is 19.1 Å². The molecular weight excluding hydrogens is 294 g/mol. The Bertz CT molecular complexity index is 386. The third-order valence-electron chi connectivity index (χ3n) is 2.45. The van der Waals surface area contributed by atoms with Crippen LogP contribution >= 0.6 is 0 Å². The molecule has 0 heterocycles. The van der Waals surface area contributed by atoms with Gasteiger partial charge < -0.3 is 41.1 Å². The number of nitrogens with two attached hydrogens (primary N) is 1. The van der Waals surface area contributed by atoms with Crippen molar-refractivity contribution in [3.05, 3.63) is 0 Å². The van der Waals surface area contributed by atoms with Crippen LogP contribution < -0.4 is 5.73 Å². The minimum absolute atomic E-state index is 0.857. The predicted octanol–water partition coefficient (Wildman–Crippen LogP) is -4.14. The van der Waals surface area contributed by atoms with E-state index in [1.807, 2.05) is 0 Å². The van der Waals surface area contributed by atoms with Crippen LogP contribution in [0.3, 0.4) is 0 Å². The highest BCUT2D eigenvalue weighted by molar-refractivity contribution is 5.83. The van der Waals surface area contributed by atoms with Crippen molar-refractivity contribution in [1.29, 1.82) is 0 Å². The fraction of sp³-hybridized carbons (Fsp3) is 0.700. The molecule has 0 bridgehead atoms. The summed E-state index contributed by atoms with van der Waals surface area (Å²) in [6.07, 6.45) is -9.33. The number of carbonyl (C=O) groups excluding carboxylic acids is 1. The number of carboxylic acids is 2. The summed E-state index contributed by atoms with van der Waals surface area (Å²) in [5.41, 5.74) is 5.04. The molecule has 0 rings (SSSR count). The molecule has 0 aromatic rings. The predicted molar refractivity (Wildman–Crippen MR) is 62.9 cm³/mol. The lowest BCUT2D eigenvalue weighted by atomic mass is 10.0. The van der Waals surface area contributed by atoms with Gasteiger partial charge in [0.25, 0.3) is 0 Å². The number of aliphatic hydroxyl groups is 4. The van der Waals surface area contributed by atoms with Crippen LogP contribution in [0.15, 0.2) is 0 Å². The number of carbonyl (C=O) groups is 3. The molecule has 11 heteroatoms. The molecule has 0 aliphatic carbocycles. The second kappa shape index (κ2) is 8.49. The third-order valence-corrected chi connectivity index (χ3v) is 2.45. The SMILES string of the molecule is N[C@@H](CC(=O)O[C@@H](C(=O)O)[C@@H](O)[C@H](O)[C@H](O)CO)C(=O)O. The fourth-order valence-corrected chi connectivity index (χ4v) is 1.24. The highest BCUT2D eigenvalue weighted by Gasteiger charge is 2.38. The van der Waals surface area contributed by atoms with E-state index in [-0.39, 0.29) is 0 Å². The van der Waals surface area contributed by atoms with Crippen LogP contribution in [0, 0.1) is 0 Å². The van der Waals surface area contributed by atoms with Crippen molar-refractivity contribution in [2.24, 2.45) is 5.73 Å². The maximum atomic E-state index is 11.3. The van der Waals surface area contributed by atoms with Crippen LogP contribution in [0.25, 0.3) is 0 Å². The molecule has 0 aliphatic rings. The van der Waals surface area contributed by atoms with Crippen LogP contribution in [0.4, 0.5) is 0 Å². The van der Waals surface area contributed by atoms with Crippen LogP contribution in [0.5, 0.6) is 0 Å². The Kier molecular flexibility index (Phi) is 7.76. The molecule has 0 unspecified atom stereocenters. The summed E-state index contributed by atoms with van der Waals surface area (Å²) in [6.45, 7) is -0.970. The molecular formula is C10H17NO10. The summed E-state index contributed by atoms with van der Waals surface area (Å²) in [5.74, 6) is -4.69. The van der Waals surface area contributed by atoms with Crippen LogP contribution in [-0.4, -0.2) is 85.6 Å². The van der Waals surface area contributed by atoms with Crippen molar-refractivity contribution in [1.82, 2.24) is 0 Å². The van der Waals surface area contributed by atoms with E-state index in [9.17, 15) is 24.6 Å². The van der Waals surface area contributed by atoms with E-state index in [2.05, 4.69) is 4.74 Å². The molecule has 0 fully saturated rings. The lowest BCUT2D eigenvalue weighted by molar-refractivity contribution is -0.182. The average Bonchev–Trinajstić information content (AvgIpc) is 2.41. The second-order valence-electron chi connectivity index (χ2n) is 4.13. The molecule has 11 nitrogen and oxygen atoms in total. The molecule has 0 radical (unpaired) electrons. The first-order chi connectivity index (χ1) is 9.61. The quantitative estimate of drug-likeness (QED) is 0.203. The Morgan fingerprint density at radius 2 is 1.52 bits per heavy atom. The molecule has 0 saturated carbocycles. The van der Waals surface area contributed by atoms with E-state index in [0.717, 1.165) is 0 Å². The van der Waals surface area contributed by atoms with Gasteiger partial charge in [0.15, 0.2) is 0 Å². The van der Waals surface area contributed by atoms with Crippen molar-refractivity contribution in [3.63, 3.8) is 0 Å². The number of hydrogen-bond acceptors (Lipinski definition) is 9. The lowest BCUT2D eigenvalue weighted by Gasteiger charge is -2.26. The molecule has 122 valence electrons. The van der Waals surface area contributed by atoms with Crippen molar-refractivity contribution in [3.8, 4) is 0 Å². The first kappa shape index (κ1) is 19.2. The molecule has 0 saturated heterocycles. The zero-order valence-corrected chi connectivity index (χ0v) is 10.7. The van der Waals surface area contributed by atoms with Crippen LogP contribution in [0.1, 0.15) is 6.42 Å². The largest absolute Gasteiger partial charge is 0.480 e. The van der Waals surface area contributed by atoms with E-state index >= 15 is 0 Å². The van der Waals surface area contributed by atoms with Gasteiger partial charge in [-0.2, -0.15) is 0 Å². The number of aliphatic hydroxyl groups excluding tert-OH is 4. The Labute approximate surface area is 118 Å². The van der Waals surface area contributed by atoms with Gasteiger partial charge in [0, 0.05) is 0 Å². The van der Waals surface area contributed by atoms with Gasteiger partial charge in [-0.3, -0.25) is 9.59 Å². The Morgan fingerprint density at radius 1 is 1.00 bits per heavy atom. The van der Waals surface area contributed by atoms with Gasteiger partial charge in [0.05, 0.1) is 13.0 Å². The average molecular weight is 311 g/mol. The van der Waals surface area contributed by atoms with E-state index in [0.29, 0.717) is 0 Å². The van der Waals surface area contributed by atoms with Gasteiger partial charge in [0.2, 0.25) is 6.10 Å². The minimum Gasteiger partial charge on any atom is -0.480 e. The normalized spacial score (nSPS) is 18.1. The fourth-order valence-electron chi connectivity index (χ4n) is 1.24. The minimum atomic E-state index is -2.27. The summed E-state index contributed by atoms with van der Waals surface area (Å²) in [5, 5.41) is 53.8. The number of rotatable bonds is 9. The van der Waals surface area contributed by atoms with Gasteiger partial charge in [-0.05, 0) is 0 Å². The lowest BCUT2D eigenvalue weighted by Crippen LogP contribution is -2.50. The monoisotopic (exact) mass is 311 g/mol. The molecule has 0 amide bonds. The summed E-state index contributed by atoms with van der Waals surface area (Å²) in [4.78, 5) is 32.6. The number of aliphatic carboxylic acids is 2. The molecule has 0 spiro atoms. The van der Waals surface area contributed by atoms with Gasteiger partial charge in [-0.1, -0.05) is 0 Å². The zero-order valence-electron chi connectivity index (χ0n) is 10.7. The molecule has 0 aromatic heterocycles. The first-order valence-electron chi connectivity index (χ1n) is 5.67. The van der Waals surface area contributed by atoms with Crippen molar-refractivity contribution >= 4 is 17.9 Å². The van der Waals surface area contributed by atoms with Crippen molar-refractivity contribution < 1.29 is 49.8 Å². The van der Waals surface area contributed by atoms with Gasteiger partial charge in [-0.15, -0.1) is 0 Å². The summed E-state index contributed by atoms with van der Waals surface area (Å²) < 4.78 is 4.33. The Morgan fingerprint density at radius 3 is 1.90 bits per heavy atom. The Balaban J connectivity index is 4.80. The van der Waals surface area contributed by atoms with Gasteiger partial charge >= 0.3 is 17.9 Å². The summed E-state index contributed by atoms with van der Waals surface area (Å²) >= 11 is 0. The summed E-state index contributed by atoms with van der Waals surface area (Å²) in [6, 6.07) is -1.63. The number of hydrogen-bond donors (Lipinski definition) is 7. The zero-order chi connectivity index (χ0) is 16.7. The molecule has 0 aliphatic heterocycles. The van der Waals surface area contributed by atoms with E-state index in [1.165, 1.54) is 0 Å².